The molecule has 1 N–H and O–H groups in total. The lowest BCUT2D eigenvalue weighted by molar-refractivity contribution is 0.0439. The van der Waals surface area contributed by atoms with Crippen LogP contribution in [0.2, 0.25) is 0 Å². The van der Waals surface area contributed by atoms with E-state index in [0.717, 1.165) is 5.56 Å². The topological polar surface area (TPSA) is 77.5 Å². The van der Waals surface area contributed by atoms with E-state index in [1.54, 1.807) is 30.5 Å². The molecule has 0 aliphatic heterocycles. The minimum atomic E-state index is -3.75. The number of methoxy groups -OCH3 is 1. The Morgan fingerprint density at radius 1 is 1.25 bits per heavy atom. The molecule has 1 heterocycles. The number of nitrogens with one attached hydrogen (secondary N) is 1. The number of aryl methyl sites for hydroxylation is 1. The summed E-state index contributed by atoms with van der Waals surface area (Å²) < 4.78 is 29.2. The Balaban J connectivity index is 2.35. The quantitative estimate of drug-likeness (QED) is 0.644. The van der Waals surface area contributed by atoms with Gasteiger partial charge in [0.05, 0.1) is 23.6 Å². The van der Waals surface area contributed by atoms with Gasteiger partial charge in [-0.25, -0.2) is 8.42 Å². The van der Waals surface area contributed by atoms with Gasteiger partial charge in [-0.15, -0.1) is 0 Å². The molecule has 0 unspecified atom stereocenters. The first-order valence-electron chi connectivity index (χ1n) is 6.03. The molecular formula is C13H16N2O4S. The lowest BCUT2D eigenvalue weighted by Crippen LogP contribution is -2.26. The summed E-state index contributed by atoms with van der Waals surface area (Å²) in [4.78, 5) is 11.3. The number of fused-ring (bicyclic) bond motifs is 1. The van der Waals surface area contributed by atoms with Crippen LogP contribution in [0.25, 0.3) is 10.9 Å². The molecule has 0 bridgehead atoms. The van der Waals surface area contributed by atoms with Crippen molar-refractivity contribution in [2.45, 2.75) is 11.8 Å². The van der Waals surface area contributed by atoms with E-state index in [1.807, 2.05) is 6.92 Å². The summed E-state index contributed by atoms with van der Waals surface area (Å²) in [6, 6.07) is 6.69. The first kappa shape index (κ1) is 14.9. The lowest BCUT2D eigenvalue weighted by Gasteiger charge is -2.10. The third kappa shape index (κ3) is 3.13. The molecule has 1 aromatic carbocycles. The van der Waals surface area contributed by atoms with E-state index < -0.39 is 10.0 Å². The molecule has 2 aromatic rings. The second-order valence-electron chi connectivity index (χ2n) is 4.21. The third-order valence-electron chi connectivity index (χ3n) is 2.78. The predicted octanol–water partition coefficient (Wildman–Crippen LogP) is 1.40. The van der Waals surface area contributed by atoms with Crippen molar-refractivity contribution in [3.8, 4) is 0 Å². The molecule has 108 valence electrons. The summed E-state index contributed by atoms with van der Waals surface area (Å²) in [5, 5.41) is 0.565. The van der Waals surface area contributed by atoms with E-state index >= 15 is 0 Å². The molecule has 0 atom stereocenters. The summed E-state index contributed by atoms with van der Waals surface area (Å²) in [5.74, 6) is 0. The fourth-order valence-electron chi connectivity index (χ4n) is 1.81. The van der Waals surface area contributed by atoms with Gasteiger partial charge in [0.1, 0.15) is 0 Å². The Hall–Kier alpha value is -1.54. The first-order chi connectivity index (χ1) is 9.56. The van der Waals surface area contributed by atoms with Gasteiger partial charge in [-0.2, -0.15) is 0 Å². The van der Waals surface area contributed by atoms with Crippen LogP contribution in [-0.4, -0.2) is 33.7 Å². The third-order valence-corrected chi connectivity index (χ3v) is 4.05. The predicted molar refractivity (Wildman–Crippen MR) is 74.6 cm³/mol. The van der Waals surface area contributed by atoms with Gasteiger partial charge in [-0.3, -0.25) is 9.82 Å². The molecule has 0 fully saturated rings. The van der Waals surface area contributed by atoms with Gasteiger partial charge in [-0.1, -0.05) is 11.0 Å². The summed E-state index contributed by atoms with van der Waals surface area (Å²) >= 11 is 0. The van der Waals surface area contributed by atoms with Crippen LogP contribution in [0.5, 0.6) is 0 Å². The minimum absolute atomic E-state index is 0.137. The maximum absolute atomic E-state index is 12.2. The van der Waals surface area contributed by atoms with E-state index in [4.69, 9.17) is 9.57 Å². The summed E-state index contributed by atoms with van der Waals surface area (Å²) in [7, 11) is -2.24. The molecule has 20 heavy (non-hydrogen) atoms. The zero-order valence-corrected chi connectivity index (χ0v) is 12.1. The Bertz CT molecular complexity index is 701. The number of aromatic nitrogens is 1. The molecule has 1 aromatic heterocycles. The van der Waals surface area contributed by atoms with Gasteiger partial charge < -0.3 is 4.74 Å². The Kier molecular flexibility index (Phi) is 4.66. The van der Waals surface area contributed by atoms with E-state index in [-0.39, 0.29) is 11.5 Å². The van der Waals surface area contributed by atoms with Crippen LogP contribution in [0.4, 0.5) is 0 Å². The van der Waals surface area contributed by atoms with Crippen LogP contribution in [-0.2, 0) is 19.6 Å². The van der Waals surface area contributed by atoms with Gasteiger partial charge in [0, 0.05) is 18.7 Å². The molecule has 7 heteroatoms. The van der Waals surface area contributed by atoms with E-state index in [1.165, 1.54) is 7.11 Å². The number of hydrogen-bond donors (Lipinski definition) is 1. The van der Waals surface area contributed by atoms with Gasteiger partial charge in [0.2, 0.25) is 0 Å². The molecule has 0 saturated carbocycles. The molecule has 2 rings (SSSR count). The first-order valence-corrected chi connectivity index (χ1v) is 7.51. The fraction of sp³-hybridized carbons (Fsp3) is 0.308. The van der Waals surface area contributed by atoms with Crippen LogP contribution >= 0.6 is 0 Å². The van der Waals surface area contributed by atoms with Crippen molar-refractivity contribution in [3.05, 3.63) is 36.0 Å². The fourth-order valence-corrected chi connectivity index (χ4v) is 2.84. The largest absolute Gasteiger partial charge is 0.382 e. The summed E-state index contributed by atoms with van der Waals surface area (Å²) in [6.07, 6.45) is 1.63. The van der Waals surface area contributed by atoms with Gasteiger partial charge >= 0.3 is 0 Å². The normalized spacial score (nSPS) is 11.9. The lowest BCUT2D eigenvalue weighted by atomic mass is 10.1. The highest BCUT2D eigenvalue weighted by Crippen LogP contribution is 2.23. The standard InChI is InChI=1S/C13H16N2O4S/c1-10-5-6-12(11-4-3-7-14-13(10)11)20(16,17)15-19-9-8-18-2/h3-7,15H,8-9H2,1-2H3. The summed E-state index contributed by atoms with van der Waals surface area (Å²) in [5.41, 5.74) is 1.58. The Morgan fingerprint density at radius 3 is 2.80 bits per heavy atom. The van der Waals surface area contributed by atoms with Crippen molar-refractivity contribution in [1.82, 2.24) is 9.87 Å². The Labute approximate surface area is 117 Å². The number of nitrogens with zero attached hydrogens (tertiary/aromatic N) is 1. The van der Waals surface area contributed by atoms with Crippen molar-refractivity contribution in [2.75, 3.05) is 20.3 Å². The number of pyridine rings is 1. The van der Waals surface area contributed by atoms with E-state index in [2.05, 4.69) is 9.87 Å². The van der Waals surface area contributed by atoms with Crippen molar-refractivity contribution in [3.63, 3.8) is 0 Å². The van der Waals surface area contributed by atoms with Gasteiger partial charge in [0.25, 0.3) is 10.0 Å². The average molecular weight is 296 g/mol. The highest BCUT2D eigenvalue weighted by Gasteiger charge is 2.18. The van der Waals surface area contributed by atoms with Crippen molar-refractivity contribution >= 4 is 20.9 Å². The molecule has 0 spiro atoms. The molecule has 6 nitrogen and oxygen atoms in total. The Morgan fingerprint density at radius 2 is 2.05 bits per heavy atom. The van der Waals surface area contributed by atoms with Crippen LogP contribution in [0.1, 0.15) is 5.56 Å². The molecule has 0 saturated heterocycles. The van der Waals surface area contributed by atoms with Crippen LogP contribution in [0.3, 0.4) is 0 Å². The van der Waals surface area contributed by atoms with Gasteiger partial charge in [0.15, 0.2) is 0 Å². The van der Waals surface area contributed by atoms with Crippen LogP contribution < -0.4 is 4.89 Å². The molecule has 0 radical (unpaired) electrons. The maximum Gasteiger partial charge on any atom is 0.263 e. The van der Waals surface area contributed by atoms with Crippen molar-refractivity contribution < 1.29 is 18.0 Å². The number of hydrogen-bond acceptors (Lipinski definition) is 5. The van der Waals surface area contributed by atoms with Gasteiger partial charge in [-0.05, 0) is 30.7 Å². The van der Waals surface area contributed by atoms with Crippen LogP contribution in [0.15, 0.2) is 35.4 Å². The van der Waals surface area contributed by atoms with E-state index in [0.29, 0.717) is 17.5 Å². The molecular weight excluding hydrogens is 280 g/mol. The smallest absolute Gasteiger partial charge is 0.263 e. The second-order valence-corrected chi connectivity index (χ2v) is 5.82. The average Bonchev–Trinajstić information content (AvgIpc) is 2.44. The second kappa shape index (κ2) is 6.27. The number of sulfonamides is 1. The number of ether oxygens (including phenoxy) is 1. The van der Waals surface area contributed by atoms with Crippen molar-refractivity contribution in [2.24, 2.45) is 0 Å². The molecule has 0 amide bonds. The molecule has 0 aliphatic carbocycles. The highest BCUT2D eigenvalue weighted by atomic mass is 32.2. The van der Waals surface area contributed by atoms with Crippen LogP contribution in [0, 0.1) is 6.92 Å². The zero-order chi connectivity index (χ0) is 14.6. The highest BCUT2D eigenvalue weighted by molar-refractivity contribution is 7.89. The summed E-state index contributed by atoms with van der Waals surface area (Å²) in [6.45, 7) is 2.32. The molecule has 0 aliphatic rings. The number of rotatable bonds is 6. The van der Waals surface area contributed by atoms with Crippen molar-refractivity contribution in [1.29, 1.82) is 0 Å². The SMILES string of the molecule is COCCONS(=O)(=O)c1ccc(C)c2ncccc12. The zero-order valence-electron chi connectivity index (χ0n) is 11.3. The maximum atomic E-state index is 12.2. The minimum Gasteiger partial charge on any atom is -0.382 e. The van der Waals surface area contributed by atoms with E-state index in [9.17, 15) is 8.42 Å². The number of benzene rings is 1. The monoisotopic (exact) mass is 296 g/mol.